The van der Waals surface area contributed by atoms with Gasteiger partial charge in [0.25, 0.3) is 0 Å². The van der Waals surface area contributed by atoms with E-state index in [2.05, 4.69) is 57.0 Å². The van der Waals surface area contributed by atoms with E-state index in [-0.39, 0.29) is 31.8 Å². The Hall–Kier alpha value is -2.43. The first kappa shape index (κ1) is 55.6. The number of hydrogen-bond acceptors (Lipinski definition) is 9. The van der Waals surface area contributed by atoms with Crippen LogP contribution in [0.15, 0.2) is 24.3 Å². The number of rotatable bonds is 40. The Morgan fingerprint density at radius 3 is 1.80 bits per heavy atom. The fraction of sp³-hybridized carbons (Fsp3) is 0.860. The molecule has 1 fully saturated rings. The molecule has 0 saturated carbocycles. The zero-order chi connectivity index (χ0) is 43.9. The Bertz CT molecular complexity index is 1090. The smallest absolute Gasteiger partial charge is 0.478 e. The first-order valence-electron chi connectivity index (χ1n) is 24.6. The number of aliphatic carboxylic acids is 1. The molecule has 10 heteroatoms. The van der Waals surface area contributed by atoms with Crippen LogP contribution in [-0.4, -0.2) is 86.6 Å². The van der Waals surface area contributed by atoms with Gasteiger partial charge in [-0.15, -0.1) is 0 Å². The number of likely N-dealkylation sites (tertiary alicyclic amines) is 1. The molecule has 1 saturated heterocycles. The van der Waals surface area contributed by atoms with Crippen molar-refractivity contribution in [2.75, 3.05) is 46.6 Å². The van der Waals surface area contributed by atoms with Gasteiger partial charge < -0.3 is 33.7 Å². The highest BCUT2D eigenvalue weighted by Crippen LogP contribution is 2.30. The van der Waals surface area contributed by atoms with E-state index in [0.717, 1.165) is 90.1 Å². The molecule has 0 aromatic heterocycles. The fourth-order valence-corrected chi connectivity index (χ4v) is 7.68. The summed E-state index contributed by atoms with van der Waals surface area (Å²) in [7, 11) is 2.09. The number of allylic oxidation sites excluding steroid dienone is 4. The number of nitrogens with zero attached hydrogens (tertiary/aromatic N) is 1. The maximum atomic E-state index is 13.6. The van der Waals surface area contributed by atoms with Gasteiger partial charge in [-0.05, 0) is 103 Å². The van der Waals surface area contributed by atoms with E-state index in [9.17, 15) is 19.5 Å². The van der Waals surface area contributed by atoms with Gasteiger partial charge in [0, 0.05) is 26.1 Å². The highest BCUT2D eigenvalue weighted by molar-refractivity contribution is 5.82. The monoisotopic (exact) mass is 850 g/mol. The normalized spacial score (nSPS) is 15.5. The highest BCUT2D eigenvalue weighted by atomic mass is 16.7. The van der Waals surface area contributed by atoms with Crippen LogP contribution in [0.5, 0.6) is 0 Å². The topological polar surface area (TPSA) is 121 Å². The van der Waals surface area contributed by atoms with Crippen LogP contribution < -0.4 is 0 Å². The molecule has 1 aliphatic heterocycles. The Morgan fingerprint density at radius 1 is 0.700 bits per heavy atom. The summed E-state index contributed by atoms with van der Waals surface area (Å²) < 4.78 is 29.2. The molecule has 0 radical (unpaired) electrons. The highest BCUT2D eigenvalue weighted by Gasteiger charge is 2.43. The number of unbranched alkanes of at least 4 members (excludes halogenated alkanes) is 17. The minimum atomic E-state index is -1.74. The Balaban J connectivity index is 2.83. The second-order valence-corrected chi connectivity index (χ2v) is 17.6. The zero-order valence-electron chi connectivity index (χ0n) is 39.2. The van der Waals surface area contributed by atoms with Gasteiger partial charge in [-0.3, -0.25) is 4.79 Å². The first-order chi connectivity index (χ1) is 29.2. The minimum Gasteiger partial charge on any atom is -0.478 e. The summed E-state index contributed by atoms with van der Waals surface area (Å²) in [5, 5.41) is 10.7. The van der Waals surface area contributed by atoms with Crippen LogP contribution >= 0.6 is 0 Å². The third-order valence-electron chi connectivity index (χ3n) is 11.6. The molecule has 1 N–H and O–H groups in total. The molecule has 2 unspecified atom stereocenters. The van der Waals surface area contributed by atoms with Crippen molar-refractivity contribution in [2.24, 2.45) is 11.8 Å². The summed E-state index contributed by atoms with van der Waals surface area (Å²) >= 11 is 0. The van der Waals surface area contributed by atoms with Crippen molar-refractivity contribution < 1.29 is 43.2 Å². The lowest BCUT2D eigenvalue weighted by atomic mass is 9.86. The summed E-state index contributed by atoms with van der Waals surface area (Å²) in [6.45, 7) is 11.8. The lowest BCUT2D eigenvalue weighted by Crippen LogP contribution is -2.45. The van der Waals surface area contributed by atoms with E-state index in [1.165, 1.54) is 70.6 Å². The molecule has 60 heavy (non-hydrogen) atoms. The molecule has 0 amide bonds. The van der Waals surface area contributed by atoms with Crippen molar-refractivity contribution in [1.29, 1.82) is 0 Å². The van der Waals surface area contributed by atoms with Crippen molar-refractivity contribution in [1.82, 2.24) is 4.90 Å². The van der Waals surface area contributed by atoms with E-state index < -0.39 is 30.0 Å². The van der Waals surface area contributed by atoms with Crippen molar-refractivity contribution in [3.05, 3.63) is 24.3 Å². The second kappa shape index (κ2) is 38.3. The number of piperidine rings is 1. The molecule has 1 aliphatic rings. The van der Waals surface area contributed by atoms with Gasteiger partial charge in [0.05, 0.1) is 19.6 Å². The minimum absolute atomic E-state index is 0.0128. The predicted octanol–water partition coefficient (Wildman–Crippen LogP) is 13.2. The lowest BCUT2D eigenvalue weighted by molar-refractivity contribution is -0.185. The third-order valence-corrected chi connectivity index (χ3v) is 11.6. The number of carbonyl (C=O) groups is 3. The van der Waals surface area contributed by atoms with E-state index in [4.69, 9.17) is 23.7 Å². The number of esters is 1. The molecule has 1 rings (SSSR count). The van der Waals surface area contributed by atoms with Gasteiger partial charge in [0.15, 0.2) is 6.29 Å². The van der Waals surface area contributed by atoms with E-state index >= 15 is 0 Å². The van der Waals surface area contributed by atoms with Crippen LogP contribution in [0.2, 0.25) is 0 Å². The second-order valence-electron chi connectivity index (χ2n) is 17.6. The third kappa shape index (κ3) is 30.6. The summed E-state index contributed by atoms with van der Waals surface area (Å²) in [6.07, 6.45) is 34.1. The van der Waals surface area contributed by atoms with Crippen LogP contribution in [0.4, 0.5) is 4.79 Å². The maximum absolute atomic E-state index is 13.6. The first-order valence-corrected chi connectivity index (χ1v) is 24.6. The fourth-order valence-electron chi connectivity index (χ4n) is 7.68. The Kier molecular flexibility index (Phi) is 35.4. The Labute approximate surface area is 367 Å². The zero-order valence-corrected chi connectivity index (χ0v) is 39.2. The van der Waals surface area contributed by atoms with Crippen LogP contribution in [0.3, 0.4) is 0 Å². The van der Waals surface area contributed by atoms with Gasteiger partial charge in [-0.1, -0.05) is 142 Å². The number of hydrogen-bond donors (Lipinski definition) is 1. The molecular formula is C50H91NO9. The van der Waals surface area contributed by atoms with E-state index in [1.807, 2.05) is 6.92 Å². The molecule has 1 heterocycles. The molecule has 0 bridgehead atoms. The van der Waals surface area contributed by atoms with Crippen LogP contribution in [0, 0.1) is 11.8 Å². The number of ether oxygens (including phenoxy) is 5. The molecule has 0 spiro atoms. The van der Waals surface area contributed by atoms with Gasteiger partial charge in [-0.25, -0.2) is 9.59 Å². The lowest BCUT2D eigenvalue weighted by Gasteiger charge is -2.32. The molecule has 0 aromatic carbocycles. The SMILES string of the molecule is CCCCCC=CCC=CCCCCCCC(CC(C)COC(=O)OCC1CCN(C)CC1)(OC(=O)CCC(OCCCCCCCC)OCCCCCCCC)C(=O)O. The van der Waals surface area contributed by atoms with Crippen LogP contribution in [-0.2, 0) is 33.3 Å². The number of carboxylic acids is 1. The molecule has 350 valence electrons. The summed E-state index contributed by atoms with van der Waals surface area (Å²) in [4.78, 5) is 41.4. The average Bonchev–Trinajstić information content (AvgIpc) is 3.23. The van der Waals surface area contributed by atoms with E-state index in [0.29, 0.717) is 38.6 Å². The van der Waals surface area contributed by atoms with Crippen molar-refractivity contribution in [2.45, 2.75) is 219 Å². The quantitative estimate of drug-likeness (QED) is 0.0276. The van der Waals surface area contributed by atoms with Crippen LogP contribution in [0.1, 0.15) is 207 Å². The number of carboxylic acid groups (broad SMARTS) is 1. The van der Waals surface area contributed by atoms with Gasteiger partial charge in [-0.2, -0.15) is 0 Å². The van der Waals surface area contributed by atoms with Crippen LogP contribution in [0.25, 0.3) is 0 Å². The van der Waals surface area contributed by atoms with Crippen molar-refractivity contribution >= 4 is 18.1 Å². The molecule has 0 aliphatic carbocycles. The molecule has 10 nitrogen and oxygen atoms in total. The summed E-state index contributed by atoms with van der Waals surface area (Å²) in [6, 6.07) is 0. The largest absolute Gasteiger partial charge is 0.508 e. The van der Waals surface area contributed by atoms with Gasteiger partial charge in [0.1, 0.15) is 0 Å². The molecular weight excluding hydrogens is 759 g/mol. The number of carbonyl (C=O) groups excluding carboxylic acids is 2. The van der Waals surface area contributed by atoms with Crippen molar-refractivity contribution in [3.8, 4) is 0 Å². The molecule has 2 atom stereocenters. The van der Waals surface area contributed by atoms with Crippen molar-refractivity contribution in [3.63, 3.8) is 0 Å². The predicted molar refractivity (Wildman–Crippen MR) is 244 cm³/mol. The van der Waals surface area contributed by atoms with E-state index in [1.54, 1.807) is 0 Å². The standard InChI is InChI=1S/C50H91NO9/c1-6-9-12-15-18-19-20-21-22-23-24-25-26-29-36-50(48(53)54,41-44(4)42-58-49(55)59-43-45-34-37-51(5)38-35-45)60-46(52)32-33-47(56-39-30-27-16-13-10-7-2)57-40-31-28-17-14-11-8-3/h18-19,21-22,44-45,47H,6-17,20,23-43H2,1-5H3,(H,53,54). The molecule has 0 aromatic rings. The van der Waals surface area contributed by atoms with Gasteiger partial charge >= 0.3 is 18.1 Å². The summed E-state index contributed by atoms with van der Waals surface area (Å²) in [5.74, 6) is -1.83. The van der Waals surface area contributed by atoms with Gasteiger partial charge in [0.2, 0.25) is 5.60 Å². The Morgan fingerprint density at radius 2 is 1.22 bits per heavy atom. The average molecular weight is 850 g/mol. The maximum Gasteiger partial charge on any atom is 0.508 e. The summed E-state index contributed by atoms with van der Waals surface area (Å²) in [5.41, 5.74) is -1.74.